The second kappa shape index (κ2) is 7.30. The van der Waals surface area contributed by atoms with Crippen molar-refractivity contribution in [3.63, 3.8) is 0 Å². The van der Waals surface area contributed by atoms with E-state index < -0.39 is 0 Å². The van der Waals surface area contributed by atoms with E-state index in [1.165, 1.54) is 11.1 Å². The Kier molecular flexibility index (Phi) is 6.01. The van der Waals surface area contributed by atoms with Gasteiger partial charge in [0.2, 0.25) is 0 Å². The van der Waals surface area contributed by atoms with Gasteiger partial charge >= 0.3 is 0 Å². The molecule has 0 saturated carbocycles. The molecule has 1 aromatic rings. The van der Waals surface area contributed by atoms with Crippen LogP contribution in [0.15, 0.2) is 18.2 Å². The molecule has 1 atom stereocenters. The van der Waals surface area contributed by atoms with Crippen molar-refractivity contribution in [1.29, 1.82) is 0 Å². The van der Waals surface area contributed by atoms with Crippen LogP contribution in [0.25, 0.3) is 0 Å². The molecule has 0 aliphatic carbocycles. The highest BCUT2D eigenvalue weighted by atomic mass is 16.5. The summed E-state index contributed by atoms with van der Waals surface area (Å²) in [7, 11) is 1.72. The van der Waals surface area contributed by atoms with Gasteiger partial charge in [0.05, 0.1) is 7.11 Å². The number of hydrogen-bond donors (Lipinski definition) is 2. The van der Waals surface area contributed by atoms with Gasteiger partial charge in [-0.15, -0.1) is 0 Å². The first-order chi connectivity index (χ1) is 8.19. The van der Waals surface area contributed by atoms with E-state index in [1.807, 2.05) is 6.07 Å². The third kappa shape index (κ3) is 4.36. The Hall–Kier alpha value is -1.06. The second-order valence-electron chi connectivity index (χ2n) is 4.42. The Labute approximate surface area is 104 Å². The van der Waals surface area contributed by atoms with Gasteiger partial charge in [-0.3, -0.25) is 0 Å². The summed E-state index contributed by atoms with van der Waals surface area (Å²) in [4.78, 5) is 0. The molecule has 0 aliphatic heterocycles. The molecule has 0 bridgehead atoms. The van der Waals surface area contributed by atoms with Crippen LogP contribution in [0, 0.1) is 6.92 Å². The molecule has 1 rings (SSSR count). The molecule has 1 aromatic carbocycles. The van der Waals surface area contributed by atoms with Crippen LogP contribution in [0.5, 0.6) is 5.75 Å². The minimum absolute atomic E-state index is 0.308. The zero-order chi connectivity index (χ0) is 12.7. The van der Waals surface area contributed by atoms with Crippen molar-refractivity contribution in [3.05, 3.63) is 29.3 Å². The zero-order valence-corrected chi connectivity index (χ0v) is 11.1. The highest BCUT2D eigenvalue weighted by Gasteiger charge is 2.10. The number of rotatable bonds is 7. The maximum absolute atomic E-state index is 5.47. The Bertz CT molecular complexity index is 339. The maximum Gasteiger partial charge on any atom is 0.123 e. The minimum atomic E-state index is 0.308. The SMILES string of the molecule is COc1ccc(C)cc1C(C)NCCCCN. The molecule has 96 valence electrons. The normalized spacial score (nSPS) is 12.5. The van der Waals surface area contributed by atoms with Crippen LogP contribution in [-0.4, -0.2) is 20.2 Å². The number of methoxy groups -OCH3 is 1. The molecule has 0 amide bonds. The van der Waals surface area contributed by atoms with Gasteiger partial charge in [0.15, 0.2) is 0 Å². The number of benzene rings is 1. The molecule has 1 unspecified atom stereocenters. The molecule has 0 spiro atoms. The molecule has 3 nitrogen and oxygen atoms in total. The summed E-state index contributed by atoms with van der Waals surface area (Å²) in [6.45, 7) is 6.03. The second-order valence-corrected chi connectivity index (χ2v) is 4.42. The summed E-state index contributed by atoms with van der Waals surface area (Å²) in [6, 6.07) is 6.59. The molecular weight excluding hydrogens is 212 g/mol. The first-order valence-electron chi connectivity index (χ1n) is 6.27. The quantitative estimate of drug-likeness (QED) is 0.715. The Morgan fingerprint density at radius 1 is 1.35 bits per heavy atom. The van der Waals surface area contributed by atoms with Crippen molar-refractivity contribution >= 4 is 0 Å². The number of hydrogen-bond acceptors (Lipinski definition) is 3. The van der Waals surface area contributed by atoms with Crippen LogP contribution in [0.3, 0.4) is 0 Å². The Morgan fingerprint density at radius 2 is 2.12 bits per heavy atom. The van der Waals surface area contributed by atoms with E-state index in [2.05, 4.69) is 31.3 Å². The number of ether oxygens (including phenoxy) is 1. The van der Waals surface area contributed by atoms with E-state index in [0.29, 0.717) is 6.04 Å². The lowest BCUT2D eigenvalue weighted by Gasteiger charge is -2.18. The fraction of sp³-hybridized carbons (Fsp3) is 0.571. The monoisotopic (exact) mass is 236 g/mol. The average molecular weight is 236 g/mol. The van der Waals surface area contributed by atoms with E-state index in [9.17, 15) is 0 Å². The van der Waals surface area contributed by atoms with Crippen molar-refractivity contribution < 1.29 is 4.74 Å². The molecule has 0 heterocycles. The van der Waals surface area contributed by atoms with Crippen LogP contribution >= 0.6 is 0 Å². The largest absolute Gasteiger partial charge is 0.496 e. The van der Waals surface area contributed by atoms with Gasteiger partial charge in [0.1, 0.15) is 5.75 Å². The number of aryl methyl sites for hydroxylation is 1. The summed E-state index contributed by atoms with van der Waals surface area (Å²) >= 11 is 0. The minimum Gasteiger partial charge on any atom is -0.496 e. The van der Waals surface area contributed by atoms with Crippen LogP contribution in [0.2, 0.25) is 0 Å². The van der Waals surface area contributed by atoms with Gasteiger partial charge in [0, 0.05) is 11.6 Å². The molecular formula is C14H24N2O. The van der Waals surface area contributed by atoms with Crippen LogP contribution < -0.4 is 15.8 Å². The van der Waals surface area contributed by atoms with Crippen LogP contribution in [0.1, 0.15) is 36.9 Å². The molecule has 0 saturated heterocycles. The molecule has 3 N–H and O–H groups in total. The van der Waals surface area contributed by atoms with E-state index in [4.69, 9.17) is 10.5 Å². The Morgan fingerprint density at radius 3 is 2.76 bits per heavy atom. The average Bonchev–Trinajstić information content (AvgIpc) is 2.34. The van der Waals surface area contributed by atoms with Crippen molar-refractivity contribution in [1.82, 2.24) is 5.32 Å². The fourth-order valence-corrected chi connectivity index (χ4v) is 1.89. The standard InChI is InChI=1S/C14H24N2O/c1-11-6-7-14(17-3)13(10-11)12(2)16-9-5-4-8-15/h6-7,10,12,16H,4-5,8-9,15H2,1-3H3. The van der Waals surface area contributed by atoms with E-state index >= 15 is 0 Å². The van der Waals surface area contributed by atoms with Crippen LogP contribution in [-0.2, 0) is 0 Å². The van der Waals surface area contributed by atoms with Crippen molar-refractivity contribution in [2.45, 2.75) is 32.7 Å². The first kappa shape index (κ1) is 14.0. The molecule has 0 aliphatic rings. The van der Waals surface area contributed by atoms with Gasteiger partial charge in [-0.05, 0) is 45.8 Å². The van der Waals surface area contributed by atoms with Gasteiger partial charge in [0.25, 0.3) is 0 Å². The lowest BCUT2D eigenvalue weighted by Crippen LogP contribution is -2.21. The summed E-state index contributed by atoms with van der Waals surface area (Å²) < 4.78 is 5.39. The van der Waals surface area contributed by atoms with Crippen molar-refractivity contribution in [3.8, 4) is 5.75 Å². The van der Waals surface area contributed by atoms with Crippen LogP contribution in [0.4, 0.5) is 0 Å². The van der Waals surface area contributed by atoms with Gasteiger partial charge in [-0.25, -0.2) is 0 Å². The highest BCUT2D eigenvalue weighted by Crippen LogP contribution is 2.25. The maximum atomic E-state index is 5.47. The number of nitrogens with one attached hydrogen (secondary N) is 1. The third-order valence-corrected chi connectivity index (χ3v) is 2.93. The molecule has 0 fully saturated rings. The van der Waals surface area contributed by atoms with Gasteiger partial charge < -0.3 is 15.8 Å². The van der Waals surface area contributed by atoms with E-state index in [-0.39, 0.29) is 0 Å². The lowest BCUT2D eigenvalue weighted by atomic mass is 10.0. The molecule has 0 aromatic heterocycles. The Balaban J connectivity index is 2.60. The first-order valence-corrected chi connectivity index (χ1v) is 6.27. The number of nitrogens with two attached hydrogens (primary N) is 1. The van der Waals surface area contributed by atoms with Gasteiger partial charge in [-0.1, -0.05) is 17.7 Å². The van der Waals surface area contributed by atoms with Crippen molar-refractivity contribution in [2.24, 2.45) is 5.73 Å². The predicted molar refractivity (Wildman–Crippen MR) is 72.4 cm³/mol. The highest BCUT2D eigenvalue weighted by molar-refractivity contribution is 5.38. The summed E-state index contributed by atoms with van der Waals surface area (Å²) in [6.07, 6.45) is 2.19. The van der Waals surface area contributed by atoms with Gasteiger partial charge in [-0.2, -0.15) is 0 Å². The van der Waals surface area contributed by atoms with E-state index in [1.54, 1.807) is 7.11 Å². The third-order valence-electron chi connectivity index (χ3n) is 2.93. The predicted octanol–water partition coefficient (Wildman–Crippen LogP) is 2.39. The summed E-state index contributed by atoms with van der Waals surface area (Å²) in [5, 5.41) is 3.50. The molecule has 0 radical (unpaired) electrons. The van der Waals surface area contributed by atoms with Crippen molar-refractivity contribution in [2.75, 3.05) is 20.2 Å². The summed E-state index contributed by atoms with van der Waals surface area (Å²) in [5.74, 6) is 0.953. The number of unbranched alkanes of at least 4 members (excludes halogenated alkanes) is 1. The topological polar surface area (TPSA) is 47.3 Å². The lowest BCUT2D eigenvalue weighted by molar-refractivity contribution is 0.401. The fourth-order valence-electron chi connectivity index (χ4n) is 1.89. The smallest absolute Gasteiger partial charge is 0.123 e. The summed E-state index contributed by atoms with van der Waals surface area (Å²) in [5.41, 5.74) is 7.96. The molecule has 3 heteroatoms. The van der Waals surface area contributed by atoms with E-state index in [0.717, 1.165) is 31.7 Å². The zero-order valence-electron chi connectivity index (χ0n) is 11.1. The molecule has 17 heavy (non-hydrogen) atoms.